The van der Waals surface area contributed by atoms with Gasteiger partial charge in [-0.2, -0.15) is 0 Å². The van der Waals surface area contributed by atoms with Crippen molar-refractivity contribution < 1.29 is 4.74 Å². The molecule has 0 aromatic carbocycles. The SMILES string of the molecule is Clc1ccc(Nc2ccc([C@H]3CNCCO3)nc2)nc1. The summed E-state index contributed by atoms with van der Waals surface area (Å²) in [5.74, 6) is 0.736. The van der Waals surface area contributed by atoms with E-state index in [0.29, 0.717) is 5.02 Å². The van der Waals surface area contributed by atoms with Gasteiger partial charge in [-0.3, -0.25) is 4.98 Å². The van der Waals surface area contributed by atoms with Crippen molar-refractivity contribution in [1.29, 1.82) is 0 Å². The highest BCUT2D eigenvalue weighted by molar-refractivity contribution is 6.30. The van der Waals surface area contributed by atoms with E-state index >= 15 is 0 Å². The maximum absolute atomic E-state index is 5.80. The van der Waals surface area contributed by atoms with E-state index in [1.54, 1.807) is 18.5 Å². The second-order valence-corrected chi connectivity index (χ2v) is 4.96. The molecule has 3 heterocycles. The molecule has 5 nitrogen and oxygen atoms in total. The predicted octanol–water partition coefficient (Wildman–Crippen LogP) is 2.53. The first-order valence-electron chi connectivity index (χ1n) is 6.48. The number of pyridine rings is 2. The van der Waals surface area contributed by atoms with Crippen LogP contribution in [0.15, 0.2) is 36.7 Å². The second-order valence-electron chi connectivity index (χ2n) is 4.52. The van der Waals surface area contributed by atoms with E-state index in [1.165, 1.54) is 0 Å². The van der Waals surface area contributed by atoms with Crippen molar-refractivity contribution in [3.8, 4) is 0 Å². The molecule has 0 aliphatic carbocycles. The predicted molar refractivity (Wildman–Crippen MR) is 78.3 cm³/mol. The number of hydrogen-bond acceptors (Lipinski definition) is 5. The van der Waals surface area contributed by atoms with Gasteiger partial charge in [0.2, 0.25) is 0 Å². The Balaban J connectivity index is 1.67. The molecule has 6 heteroatoms. The number of nitrogens with one attached hydrogen (secondary N) is 2. The van der Waals surface area contributed by atoms with Crippen LogP contribution in [0.1, 0.15) is 11.8 Å². The van der Waals surface area contributed by atoms with Gasteiger partial charge in [-0.1, -0.05) is 11.6 Å². The van der Waals surface area contributed by atoms with Crippen molar-refractivity contribution in [3.05, 3.63) is 47.4 Å². The van der Waals surface area contributed by atoms with E-state index in [2.05, 4.69) is 20.6 Å². The van der Waals surface area contributed by atoms with Gasteiger partial charge < -0.3 is 15.4 Å². The van der Waals surface area contributed by atoms with Crippen molar-refractivity contribution in [3.63, 3.8) is 0 Å². The zero-order valence-corrected chi connectivity index (χ0v) is 11.6. The average molecular weight is 291 g/mol. The molecule has 104 valence electrons. The van der Waals surface area contributed by atoms with Crippen LogP contribution < -0.4 is 10.6 Å². The Kier molecular flexibility index (Phi) is 4.11. The minimum atomic E-state index is 0.0338. The summed E-state index contributed by atoms with van der Waals surface area (Å²) in [4.78, 5) is 8.62. The van der Waals surface area contributed by atoms with Crippen LogP contribution in [0, 0.1) is 0 Å². The van der Waals surface area contributed by atoms with E-state index in [1.807, 2.05) is 18.2 Å². The van der Waals surface area contributed by atoms with E-state index < -0.39 is 0 Å². The van der Waals surface area contributed by atoms with E-state index in [0.717, 1.165) is 36.9 Å². The van der Waals surface area contributed by atoms with Crippen LogP contribution in [-0.4, -0.2) is 29.7 Å². The van der Waals surface area contributed by atoms with Crippen LogP contribution in [0.25, 0.3) is 0 Å². The third-order valence-corrected chi connectivity index (χ3v) is 3.27. The normalized spacial score (nSPS) is 18.8. The lowest BCUT2D eigenvalue weighted by Gasteiger charge is -2.23. The second kappa shape index (κ2) is 6.17. The molecule has 20 heavy (non-hydrogen) atoms. The Morgan fingerprint density at radius 1 is 1.20 bits per heavy atom. The van der Waals surface area contributed by atoms with Gasteiger partial charge in [0.05, 0.1) is 29.2 Å². The molecule has 1 fully saturated rings. The minimum Gasteiger partial charge on any atom is -0.369 e. The van der Waals surface area contributed by atoms with Crippen LogP contribution in [-0.2, 0) is 4.74 Å². The van der Waals surface area contributed by atoms with Gasteiger partial charge in [-0.25, -0.2) is 4.98 Å². The number of hydrogen-bond donors (Lipinski definition) is 2. The first-order chi connectivity index (χ1) is 9.81. The van der Waals surface area contributed by atoms with Gasteiger partial charge in [0.15, 0.2) is 0 Å². The number of nitrogens with zero attached hydrogens (tertiary/aromatic N) is 2. The standard InChI is InChI=1S/C14H15ClN4O/c15-10-1-4-14(18-7-10)19-11-2-3-12(17-8-11)13-9-16-5-6-20-13/h1-4,7-8,13,16H,5-6,9H2,(H,18,19)/t13-/m1/s1. The van der Waals surface area contributed by atoms with Gasteiger partial charge in [-0.05, 0) is 24.3 Å². The minimum absolute atomic E-state index is 0.0338. The van der Waals surface area contributed by atoms with Crippen LogP contribution in [0.2, 0.25) is 5.02 Å². The van der Waals surface area contributed by atoms with Gasteiger partial charge in [0.1, 0.15) is 11.9 Å². The fourth-order valence-electron chi connectivity index (χ4n) is 2.02. The number of halogens is 1. The van der Waals surface area contributed by atoms with Gasteiger partial charge in [0.25, 0.3) is 0 Å². The molecule has 0 radical (unpaired) electrons. The number of aromatic nitrogens is 2. The zero-order chi connectivity index (χ0) is 13.8. The monoisotopic (exact) mass is 290 g/mol. The Hall–Kier alpha value is -1.69. The van der Waals surface area contributed by atoms with Crippen molar-refractivity contribution in [2.24, 2.45) is 0 Å². The third-order valence-electron chi connectivity index (χ3n) is 3.04. The Morgan fingerprint density at radius 2 is 2.15 bits per heavy atom. The highest BCUT2D eigenvalue weighted by Crippen LogP contribution is 2.20. The van der Waals surface area contributed by atoms with E-state index in [4.69, 9.17) is 16.3 Å². The van der Waals surface area contributed by atoms with Gasteiger partial charge in [-0.15, -0.1) is 0 Å². The lowest BCUT2D eigenvalue weighted by molar-refractivity contribution is 0.0250. The fraction of sp³-hybridized carbons (Fsp3) is 0.286. The molecule has 2 aromatic rings. The highest BCUT2D eigenvalue weighted by Gasteiger charge is 2.16. The first kappa shape index (κ1) is 13.3. The number of rotatable bonds is 3. The maximum Gasteiger partial charge on any atom is 0.130 e. The van der Waals surface area contributed by atoms with Crippen molar-refractivity contribution in [1.82, 2.24) is 15.3 Å². The summed E-state index contributed by atoms with van der Waals surface area (Å²) < 4.78 is 5.66. The molecule has 3 rings (SSSR count). The first-order valence-corrected chi connectivity index (χ1v) is 6.86. The van der Waals surface area contributed by atoms with E-state index in [-0.39, 0.29) is 6.10 Å². The molecular weight excluding hydrogens is 276 g/mol. The molecule has 1 atom stereocenters. The Morgan fingerprint density at radius 3 is 2.80 bits per heavy atom. The largest absolute Gasteiger partial charge is 0.369 e. The summed E-state index contributed by atoms with van der Waals surface area (Å²) >= 11 is 5.80. The van der Waals surface area contributed by atoms with Crippen LogP contribution >= 0.6 is 11.6 Å². The molecule has 0 bridgehead atoms. The number of anilines is 2. The quantitative estimate of drug-likeness (QED) is 0.910. The van der Waals surface area contributed by atoms with Crippen molar-refractivity contribution >= 4 is 23.1 Å². The summed E-state index contributed by atoms with van der Waals surface area (Å²) in [5.41, 5.74) is 1.82. The molecule has 0 spiro atoms. The van der Waals surface area contributed by atoms with Gasteiger partial charge in [0, 0.05) is 19.3 Å². The lowest BCUT2D eigenvalue weighted by Crippen LogP contribution is -2.33. The maximum atomic E-state index is 5.80. The van der Waals surface area contributed by atoms with Gasteiger partial charge >= 0.3 is 0 Å². The molecule has 1 aliphatic heterocycles. The third kappa shape index (κ3) is 3.25. The smallest absolute Gasteiger partial charge is 0.130 e. The van der Waals surface area contributed by atoms with Crippen LogP contribution in [0.5, 0.6) is 0 Å². The van der Waals surface area contributed by atoms with E-state index in [9.17, 15) is 0 Å². The van der Waals surface area contributed by atoms with Crippen LogP contribution in [0.3, 0.4) is 0 Å². The molecule has 0 unspecified atom stereocenters. The molecule has 1 saturated heterocycles. The zero-order valence-electron chi connectivity index (χ0n) is 10.8. The molecule has 0 amide bonds. The average Bonchev–Trinajstić information content (AvgIpc) is 2.51. The molecule has 2 aromatic heterocycles. The topological polar surface area (TPSA) is 59.1 Å². The van der Waals surface area contributed by atoms with Crippen molar-refractivity contribution in [2.45, 2.75) is 6.10 Å². The molecular formula is C14H15ClN4O. The molecule has 0 saturated carbocycles. The fourth-order valence-corrected chi connectivity index (χ4v) is 2.13. The summed E-state index contributed by atoms with van der Waals surface area (Å²) in [5, 5.41) is 7.08. The Labute approximate surface area is 122 Å². The number of morpholine rings is 1. The molecule has 2 N–H and O–H groups in total. The summed E-state index contributed by atoms with van der Waals surface area (Å²) in [6.45, 7) is 2.43. The van der Waals surface area contributed by atoms with Crippen molar-refractivity contribution in [2.75, 3.05) is 25.0 Å². The molecule has 1 aliphatic rings. The van der Waals surface area contributed by atoms with Crippen LogP contribution in [0.4, 0.5) is 11.5 Å². The summed E-state index contributed by atoms with van der Waals surface area (Å²) in [7, 11) is 0. The number of ether oxygens (including phenoxy) is 1. The lowest BCUT2D eigenvalue weighted by atomic mass is 10.2. The Bertz CT molecular complexity index is 552. The summed E-state index contributed by atoms with van der Waals surface area (Å²) in [6, 6.07) is 7.55. The highest BCUT2D eigenvalue weighted by atomic mass is 35.5. The summed E-state index contributed by atoms with van der Waals surface area (Å²) in [6.07, 6.45) is 3.42.